The highest BCUT2D eigenvalue weighted by molar-refractivity contribution is 5.97. The number of aliphatic hydroxyl groups excluding tert-OH is 1. The molecule has 0 bridgehead atoms. The molecule has 21 heavy (non-hydrogen) atoms. The maximum absolute atomic E-state index is 12.2. The molecule has 110 valence electrons. The van der Waals surface area contributed by atoms with Crippen molar-refractivity contribution in [2.24, 2.45) is 5.92 Å². The molecule has 0 radical (unpaired) electrons. The summed E-state index contributed by atoms with van der Waals surface area (Å²) in [6.07, 6.45) is 6.98. The molecule has 1 aromatic heterocycles. The molecule has 2 unspecified atom stereocenters. The lowest BCUT2D eigenvalue weighted by molar-refractivity contribution is 0.0663. The number of rotatable bonds is 3. The number of carbonyl (C=O) groups excluding carboxylic acids is 1. The van der Waals surface area contributed by atoms with E-state index in [1.807, 2.05) is 0 Å². The molecule has 5 nitrogen and oxygen atoms in total. The second-order valence-corrected chi connectivity index (χ2v) is 5.58. The molecular formula is C16H19N3O2. The van der Waals surface area contributed by atoms with Crippen LogP contribution in [0.25, 0.3) is 11.0 Å². The maximum atomic E-state index is 12.2. The summed E-state index contributed by atoms with van der Waals surface area (Å²) in [4.78, 5) is 20.6. The van der Waals surface area contributed by atoms with Crippen LogP contribution in [0.5, 0.6) is 0 Å². The van der Waals surface area contributed by atoms with Crippen molar-refractivity contribution in [3.63, 3.8) is 0 Å². The first-order valence-electron chi connectivity index (χ1n) is 7.41. The fourth-order valence-electron chi connectivity index (χ4n) is 2.86. The standard InChI is InChI=1S/C16H19N3O2/c20-15-4-2-1-3-12(15)10-19-16(21)11-5-6-13-14(9-11)18-8-7-17-13/h5-9,12,15,20H,1-4,10H2,(H,19,21). The molecule has 1 aromatic carbocycles. The summed E-state index contributed by atoms with van der Waals surface area (Å²) in [5, 5.41) is 12.8. The van der Waals surface area contributed by atoms with Gasteiger partial charge in [-0.3, -0.25) is 14.8 Å². The summed E-state index contributed by atoms with van der Waals surface area (Å²) in [6.45, 7) is 0.526. The summed E-state index contributed by atoms with van der Waals surface area (Å²) in [7, 11) is 0. The second kappa shape index (κ2) is 6.18. The van der Waals surface area contributed by atoms with E-state index >= 15 is 0 Å². The molecule has 0 saturated heterocycles. The Morgan fingerprint density at radius 3 is 2.76 bits per heavy atom. The topological polar surface area (TPSA) is 75.1 Å². The van der Waals surface area contributed by atoms with Crippen LogP contribution in [0.15, 0.2) is 30.6 Å². The van der Waals surface area contributed by atoms with Gasteiger partial charge in [0, 0.05) is 30.4 Å². The summed E-state index contributed by atoms with van der Waals surface area (Å²) in [5.41, 5.74) is 2.06. The van der Waals surface area contributed by atoms with E-state index in [0.29, 0.717) is 17.6 Å². The maximum Gasteiger partial charge on any atom is 0.251 e. The minimum atomic E-state index is -0.290. The van der Waals surface area contributed by atoms with Gasteiger partial charge in [-0.25, -0.2) is 0 Å². The third-order valence-corrected chi connectivity index (χ3v) is 4.13. The van der Waals surface area contributed by atoms with E-state index in [0.717, 1.165) is 31.2 Å². The highest BCUT2D eigenvalue weighted by atomic mass is 16.3. The van der Waals surface area contributed by atoms with Crippen LogP contribution in [0, 0.1) is 5.92 Å². The number of aliphatic hydroxyl groups is 1. The van der Waals surface area contributed by atoms with Crippen LogP contribution < -0.4 is 5.32 Å². The van der Waals surface area contributed by atoms with Crippen LogP contribution in [-0.4, -0.2) is 33.6 Å². The fourth-order valence-corrected chi connectivity index (χ4v) is 2.86. The minimum absolute atomic E-state index is 0.125. The molecule has 0 spiro atoms. The van der Waals surface area contributed by atoms with Crippen molar-refractivity contribution >= 4 is 16.9 Å². The first-order chi connectivity index (χ1) is 10.2. The summed E-state index contributed by atoms with van der Waals surface area (Å²) in [6, 6.07) is 5.30. The van der Waals surface area contributed by atoms with E-state index < -0.39 is 0 Å². The van der Waals surface area contributed by atoms with Gasteiger partial charge in [0.1, 0.15) is 0 Å². The molecule has 3 rings (SSSR count). The van der Waals surface area contributed by atoms with Gasteiger partial charge in [-0.05, 0) is 31.0 Å². The predicted octanol–water partition coefficient (Wildman–Crippen LogP) is 1.91. The number of nitrogens with zero attached hydrogens (tertiary/aromatic N) is 2. The van der Waals surface area contributed by atoms with Crippen LogP contribution in [-0.2, 0) is 0 Å². The van der Waals surface area contributed by atoms with E-state index in [1.54, 1.807) is 30.6 Å². The van der Waals surface area contributed by atoms with Crippen molar-refractivity contribution in [3.05, 3.63) is 36.2 Å². The van der Waals surface area contributed by atoms with Crippen molar-refractivity contribution in [1.29, 1.82) is 0 Å². The molecule has 5 heteroatoms. The highest BCUT2D eigenvalue weighted by Crippen LogP contribution is 2.23. The first kappa shape index (κ1) is 13.9. The van der Waals surface area contributed by atoms with Gasteiger partial charge in [-0.1, -0.05) is 12.8 Å². The van der Waals surface area contributed by atoms with Gasteiger partial charge in [0.2, 0.25) is 0 Å². The largest absolute Gasteiger partial charge is 0.393 e. The van der Waals surface area contributed by atoms with Gasteiger partial charge >= 0.3 is 0 Å². The Hall–Kier alpha value is -2.01. The summed E-state index contributed by atoms with van der Waals surface area (Å²) in [5.74, 6) is 0.0447. The minimum Gasteiger partial charge on any atom is -0.393 e. The Morgan fingerprint density at radius 1 is 1.19 bits per heavy atom. The van der Waals surface area contributed by atoms with Crippen molar-refractivity contribution in [2.75, 3.05) is 6.54 Å². The average Bonchev–Trinajstić information content (AvgIpc) is 2.53. The average molecular weight is 285 g/mol. The molecule has 1 heterocycles. The van der Waals surface area contributed by atoms with Gasteiger partial charge in [-0.15, -0.1) is 0 Å². The third kappa shape index (κ3) is 3.19. The first-order valence-corrected chi connectivity index (χ1v) is 7.41. The van der Waals surface area contributed by atoms with Gasteiger partial charge in [0.15, 0.2) is 0 Å². The molecule has 1 aliphatic carbocycles. The van der Waals surface area contributed by atoms with Crippen molar-refractivity contribution in [3.8, 4) is 0 Å². The lowest BCUT2D eigenvalue weighted by atomic mass is 9.86. The SMILES string of the molecule is O=C(NCC1CCCCC1O)c1ccc2nccnc2c1. The Kier molecular flexibility index (Phi) is 4.10. The number of benzene rings is 1. The molecule has 0 aliphatic heterocycles. The Balaban J connectivity index is 1.66. The fraction of sp³-hybridized carbons (Fsp3) is 0.438. The number of carbonyl (C=O) groups is 1. The van der Waals surface area contributed by atoms with Crippen LogP contribution in [0.1, 0.15) is 36.0 Å². The predicted molar refractivity (Wildman–Crippen MR) is 79.8 cm³/mol. The smallest absolute Gasteiger partial charge is 0.251 e. The Labute approximate surface area is 123 Å². The molecule has 2 atom stereocenters. The number of hydrogen-bond acceptors (Lipinski definition) is 4. The zero-order valence-corrected chi connectivity index (χ0v) is 11.8. The van der Waals surface area contributed by atoms with Gasteiger partial charge < -0.3 is 10.4 Å². The molecule has 2 aromatic rings. The quantitative estimate of drug-likeness (QED) is 0.903. The van der Waals surface area contributed by atoms with Crippen LogP contribution in [0.2, 0.25) is 0 Å². The van der Waals surface area contributed by atoms with Gasteiger partial charge in [-0.2, -0.15) is 0 Å². The summed E-state index contributed by atoms with van der Waals surface area (Å²) >= 11 is 0. The van der Waals surface area contributed by atoms with Crippen molar-refractivity contribution in [2.45, 2.75) is 31.8 Å². The van der Waals surface area contributed by atoms with Crippen LogP contribution in [0.3, 0.4) is 0 Å². The molecule has 2 N–H and O–H groups in total. The lowest BCUT2D eigenvalue weighted by Gasteiger charge is -2.27. The van der Waals surface area contributed by atoms with E-state index in [2.05, 4.69) is 15.3 Å². The highest BCUT2D eigenvalue weighted by Gasteiger charge is 2.23. The van der Waals surface area contributed by atoms with Crippen molar-refractivity contribution in [1.82, 2.24) is 15.3 Å². The zero-order valence-electron chi connectivity index (χ0n) is 11.8. The van der Waals surface area contributed by atoms with E-state index in [1.165, 1.54) is 0 Å². The van der Waals surface area contributed by atoms with Gasteiger partial charge in [0.05, 0.1) is 17.1 Å². The molecular weight excluding hydrogens is 266 g/mol. The van der Waals surface area contributed by atoms with E-state index in [-0.39, 0.29) is 17.9 Å². The zero-order chi connectivity index (χ0) is 14.7. The van der Waals surface area contributed by atoms with Crippen LogP contribution in [0.4, 0.5) is 0 Å². The second-order valence-electron chi connectivity index (χ2n) is 5.58. The van der Waals surface area contributed by atoms with Crippen LogP contribution >= 0.6 is 0 Å². The molecule has 1 saturated carbocycles. The number of nitrogens with one attached hydrogen (secondary N) is 1. The monoisotopic (exact) mass is 285 g/mol. The summed E-state index contributed by atoms with van der Waals surface area (Å²) < 4.78 is 0. The van der Waals surface area contributed by atoms with E-state index in [4.69, 9.17) is 0 Å². The molecule has 1 aliphatic rings. The third-order valence-electron chi connectivity index (χ3n) is 4.13. The van der Waals surface area contributed by atoms with Gasteiger partial charge in [0.25, 0.3) is 5.91 Å². The Bertz CT molecular complexity index is 644. The number of fused-ring (bicyclic) bond motifs is 1. The Morgan fingerprint density at radius 2 is 1.95 bits per heavy atom. The van der Waals surface area contributed by atoms with E-state index in [9.17, 15) is 9.90 Å². The molecule has 1 fully saturated rings. The number of amides is 1. The normalized spacial score (nSPS) is 22.1. The number of aromatic nitrogens is 2. The lowest BCUT2D eigenvalue weighted by Crippen LogP contribution is -2.36. The number of hydrogen-bond donors (Lipinski definition) is 2. The van der Waals surface area contributed by atoms with Crippen molar-refractivity contribution < 1.29 is 9.90 Å². The molecule has 1 amide bonds.